The largest absolute Gasteiger partial charge is 0.352 e. The summed E-state index contributed by atoms with van der Waals surface area (Å²) >= 11 is 1.49. The third kappa shape index (κ3) is 5.99. The van der Waals surface area contributed by atoms with E-state index in [0.717, 1.165) is 34.7 Å². The van der Waals surface area contributed by atoms with Gasteiger partial charge in [0.1, 0.15) is 0 Å². The van der Waals surface area contributed by atoms with E-state index in [1.165, 1.54) is 35.6 Å². The third-order valence-corrected chi connectivity index (χ3v) is 7.67. The normalized spacial score (nSPS) is 11.4. The molecule has 176 valence electrons. The van der Waals surface area contributed by atoms with Crippen LogP contribution in [0.2, 0.25) is 0 Å². The van der Waals surface area contributed by atoms with E-state index < -0.39 is 10.0 Å². The molecule has 2 aromatic carbocycles. The second-order valence-electron chi connectivity index (χ2n) is 7.81. The molecule has 0 aliphatic heterocycles. The second kappa shape index (κ2) is 10.8. The summed E-state index contributed by atoms with van der Waals surface area (Å²) < 4.78 is 29.4. The van der Waals surface area contributed by atoms with E-state index >= 15 is 0 Å². The highest BCUT2D eigenvalue weighted by Gasteiger charge is 2.15. The molecule has 0 saturated carbocycles. The molecular formula is C25H26N4O3S2. The maximum atomic E-state index is 12.5. The van der Waals surface area contributed by atoms with Crippen molar-refractivity contribution in [3.05, 3.63) is 100 Å². The number of benzene rings is 2. The Kier molecular flexibility index (Phi) is 7.56. The Labute approximate surface area is 203 Å². The Bertz CT molecular complexity index is 1330. The number of nitrogens with one attached hydrogen (secondary N) is 2. The van der Waals surface area contributed by atoms with Gasteiger partial charge in [-0.1, -0.05) is 24.3 Å². The summed E-state index contributed by atoms with van der Waals surface area (Å²) in [5.74, 6) is -0.229. The average molecular weight is 495 g/mol. The van der Waals surface area contributed by atoms with Gasteiger partial charge in [-0.05, 0) is 73.2 Å². The fourth-order valence-electron chi connectivity index (χ4n) is 3.49. The van der Waals surface area contributed by atoms with E-state index in [-0.39, 0.29) is 17.3 Å². The molecule has 2 aromatic heterocycles. The first-order valence-corrected chi connectivity index (χ1v) is 13.3. The summed E-state index contributed by atoms with van der Waals surface area (Å²) in [7, 11) is -3.64. The van der Waals surface area contributed by atoms with Crippen molar-refractivity contribution in [1.82, 2.24) is 19.8 Å². The lowest BCUT2D eigenvalue weighted by molar-refractivity contribution is 0.0953. The van der Waals surface area contributed by atoms with E-state index in [4.69, 9.17) is 0 Å². The first-order chi connectivity index (χ1) is 16.4. The fourth-order valence-corrected chi connectivity index (χ4v) is 5.23. The van der Waals surface area contributed by atoms with Crippen molar-refractivity contribution in [3.8, 4) is 5.69 Å². The molecule has 9 heteroatoms. The Morgan fingerprint density at radius 1 is 1.03 bits per heavy atom. The van der Waals surface area contributed by atoms with Gasteiger partial charge in [0.2, 0.25) is 10.0 Å². The van der Waals surface area contributed by atoms with Gasteiger partial charge in [0.15, 0.2) is 0 Å². The number of sulfonamides is 1. The molecule has 0 atom stereocenters. The van der Waals surface area contributed by atoms with Crippen LogP contribution < -0.4 is 10.0 Å². The van der Waals surface area contributed by atoms with E-state index in [1.54, 1.807) is 0 Å². The van der Waals surface area contributed by atoms with Crippen molar-refractivity contribution in [2.75, 3.05) is 6.54 Å². The topological polar surface area (TPSA) is 93.1 Å². The highest BCUT2D eigenvalue weighted by molar-refractivity contribution is 7.89. The van der Waals surface area contributed by atoms with Crippen LogP contribution in [0.25, 0.3) is 5.69 Å². The average Bonchev–Trinajstić information content (AvgIpc) is 3.51. The molecule has 2 N–H and O–H groups in total. The number of nitrogens with zero attached hydrogens (tertiary/aromatic N) is 2. The number of thiophene rings is 1. The zero-order chi connectivity index (χ0) is 24.0. The van der Waals surface area contributed by atoms with Crippen LogP contribution in [0.5, 0.6) is 0 Å². The van der Waals surface area contributed by atoms with E-state index in [9.17, 15) is 13.2 Å². The molecule has 0 spiro atoms. The smallest absolute Gasteiger partial charge is 0.251 e. The van der Waals surface area contributed by atoms with Crippen molar-refractivity contribution in [2.45, 2.75) is 31.2 Å². The molecule has 1 amide bonds. The van der Waals surface area contributed by atoms with Crippen molar-refractivity contribution < 1.29 is 13.2 Å². The van der Waals surface area contributed by atoms with Crippen LogP contribution in [0.3, 0.4) is 0 Å². The summed E-state index contributed by atoms with van der Waals surface area (Å²) in [6, 6.07) is 19.7. The van der Waals surface area contributed by atoms with E-state index in [2.05, 4.69) is 15.1 Å². The number of aryl methyl sites for hydroxylation is 2. The van der Waals surface area contributed by atoms with Gasteiger partial charge in [0.05, 0.1) is 16.3 Å². The summed E-state index contributed by atoms with van der Waals surface area (Å²) in [5, 5.41) is 9.37. The van der Waals surface area contributed by atoms with Crippen LogP contribution in [0.1, 0.15) is 32.9 Å². The van der Waals surface area contributed by atoms with Gasteiger partial charge in [-0.15, -0.1) is 11.3 Å². The molecule has 0 aliphatic rings. The molecule has 4 aromatic rings. The molecule has 0 aliphatic carbocycles. The minimum Gasteiger partial charge on any atom is -0.352 e. The number of carbonyl (C=O) groups is 1. The molecular weight excluding hydrogens is 468 g/mol. The first-order valence-electron chi connectivity index (χ1n) is 10.9. The quantitative estimate of drug-likeness (QED) is 0.325. The maximum Gasteiger partial charge on any atom is 0.251 e. The molecule has 4 rings (SSSR count). The number of amides is 1. The maximum absolute atomic E-state index is 12.5. The van der Waals surface area contributed by atoms with E-state index in [0.29, 0.717) is 12.1 Å². The van der Waals surface area contributed by atoms with Crippen molar-refractivity contribution in [2.24, 2.45) is 0 Å². The predicted molar refractivity (Wildman–Crippen MR) is 134 cm³/mol. The number of para-hydroxylation sites is 1. The molecule has 7 nitrogen and oxygen atoms in total. The van der Waals surface area contributed by atoms with Gasteiger partial charge in [-0.25, -0.2) is 17.8 Å². The minimum atomic E-state index is -3.64. The monoisotopic (exact) mass is 494 g/mol. The van der Waals surface area contributed by atoms with Crippen LogP contribution in [-0.2, 0) is 23.0 Å². The highest BCUT2D eigenvalue weighted by Crippen LogP contribution is 2.15. The standard InChI is InChI=1S/C25H26N4O3S2/c1-19-21(18-29(28-19)22-8-3-2-4-9-22)7-5-15-26-25(30)20-11-13-24(14-12-20)34(31,32)27-17-23-10-6-16-33-23/h2-4,6,8-14,16,18,27H,5,7,15,17H2,1H3,(H,26,30). The van der Waals surface area contributed by atoms with Gasteiger partial charge >= 0.3 is 0 Å². The Balaban J connectivity index is 1.26. The number of aromatic nitrogens is 2. The van der Waals surface area contributed by atoms with Gasteiger partial charge < -0.3 is 5.32 Å². The fraction of sp³-hybridized carbons (Fsp3) is 0.200. The van der Waals surface area contributed by atoms with Crippen LogP contribution in [0, 0.1) is 6.92 Å². The predicted octanol–water partition coefficient (Wildman–Crippen LogP) is 4.08. The molecule has 0 bridgehead atoms. The second-order valence-corrected chi connectivity index (χ2v) is 10.6. The summed E-state index contributed by atoms with van der Waals surface area (Å²) in [5.41, 5.74) is 3.55. The third-order valence-electron chi connectivity index (χ3n) is 5.37. The SMILES string of the molecule is Cc1nn(-c2ccccc2)cc1CCCNC(=O)c1ccc(S(=O)(=O)NCc2cccs2)cc1. The van der Waals surface area contributed by atoms with E-state index in [1.807, 2.05) is 65.6 Å². The first kappa shape index (κ1) is 23.9. The Morgan fingerprint density at radius 3 is 2.50 bits per heavy atom. The number of hydrogen-bond donors (Lipinski definition) is 2. The lowest BCUT2D eigenvalue weighted by Gasteiger charge is -2.08. The minimum absolute atomic E-state index is 0.131. The Hall–Kier alpha value is -3.27. The number of hydrogen-bond acceptors (Lipinski definition) is 5. The highest BCUT2D eigenvalue weighted by atomic mass is 32.2. The molecule has 0 fully saturated rings. The molecule has 2 heterocycles. The van der Waals surface area contributed by atoms with Crippen LogP contribution in [-0.4, -0.2) is 30.7 Å². The zero-order valence-electron chi connectivity index (χ0n) is 18.8. The van der Waals surface area contributed by atoms with Crippen LogP contribution in [0.4, 0.5) is 0 Å². The zero-order valence-corrected chi connectivity index (χ0v) is 20.4. The number of rotatable bonds is 10. The van der Waals surface area contributed by atoms with Crippen molar-refractivity contribution in [1.29, 1.82) is 0 Å². The van der Waals surface area contributed by atoms with Crippen LogP contribution in [0.15, 0.2) is 83.2 Å². The van der Waals surface area contributed by atoms with Crippen molar-refractivity contribution >= 4 is 27.3 Å². The summed E-state index contributed by atoms with van der Waals surface area (Å²) in [6.45, 7) is 2.74. The Morgan fingerprint density at radius 2 is 1.79 bits per heavy atom. The molecule has 0 saturated heterocycles. The summed E-state index contributed by atoms with van der Waals surface area (Å²) in [4.78, 5) is 13.5. The van der Waals surface area contributed by atoms with Gasteiger partial charge in [0, 0.05) is 29.7 Å². The van der Waals surface area contributed by atoms with Gasteiger partial charge in [0.25, 0.3) is 5.91 Å². The lowest BCUT2D eigenvalue weighted by atomic mass is 10.1. The molecule has 34 heavy (non-hydrogen) atoms. The van der Waals surface area contributed by atoms with Crippen molar-refractivity contribution in [3.63, 3.8) is 0 Å². The lowest BCUT2D eigenvalue weighted by Crippen LogP contribution is -2.25. The van der Waals surface area contributed by atoms with Crippen LogP contribution >= 0.6 is 11.3 Å². The summed E-state index contributed by atoms with van der Waals surface area (Å²) in [6.07, 6.45) is 3.59. The number of carbonyl (C=O) groups excluding carboxylic acids is 1. The van der Waals surface area contributed by atoms with Gasteiger partial charge in [-0.2, -0.15) is 5.10 Å². The molecule has 0 radical (unpaired) electrons. The van der Waals surface area contributed by atoms with Gasteiger partial charge in [-0.3, -0.25) is 4.79 Å². The molecule has 0 unspecified atom stereocenters.